The molecule has 5 nitrogen and oxygen atoms in total. The van der Waals surface area contributed by atoms with Gasteiger partial charge in [-0.05, 0) is 24.3 Å². The molecule has 1 aliphatic heterocycles. The van der Waals surface area contributed by atoms with Crippen LogP contribution in [0.4, 0.5) is 11.5 Å². The minimum atomic E-state index is 0.578. The van der Waals surface area contributed by atoms with E-state index in [0.29, 0.717) is 36.4 Å². The van der Waals surface area contributed by atoms with E-state index in [-0.39, 0.29) is 0 Å². The van der Waals surface area contributed by atoms with Crippen molar-refractivity contribution < 1.29 is 4.74 Å². The van der Waals surface area contributed by atoms with Crippen LogP contribution >= 0.6 is 0 Å². The van der Waals surface area contributed by atoms with E-state index in [0.717, 1.165) is 18.9 Å². The molecule has 0 radical (unpaired) electrons. The molecule has 20 heavy (non-hydrogen) atoms. The van der Waals surface area contributed by atoms with Crippen molar-refractivity contribution in [2.24, 2.45) is 11.8 Å². The van der Waals surface area contributed by atoms with Crippen LogP contribution in [-0.4, -0.2) is 31.4 Å². The molecule has 2 rings (SSSR count). The van der Waals surface area contributed by atoms with Crippen LogP contribution in [0.15, 0.2) is 6.07 Å². The van der Waals surface area contributed by atoms with E-state index in [1.807, 2.05) is 4.57 Å². The Balaban J connectivity index is 2.34. The van der Waals surface area contributed by atoms with Crippen LogP contribution in [0.25, 0.3) is 0 Å². The lowest BCUT2D eigenvalue weighted by Gasteiger charge is -2.37. The number of rotatable bonds is 4. The van der Waals surface area contributed by atoms with Gasteiger partial charge in [0, 0.05) is 26.7 Å². The average Bonchev–Trinajstić information content (AvgIpc) is 2.71. The highest BCUT2D eigenvalue weighted by atomic mass is 16.5. The summed E-state index contributed by atoms with van der Waals surface area (Å²) < 4.78 is 7.14. The molecule has 1 fully saturated rings. The second-order valence-electron chi connectivity index (χ2n) is 5.92. The molecule has 2 heterocycles. The smallest absolute Gasteiger partial charge is 0.133 e. The van der Waals surface area contributed by atoms with Gasteiger partial charge >= 0.3 is 0 Å². The van der Waals surface area contributed by atoms with Gasteiger partial charge in [0.2, 0.25) is 0 Å². The summed E-state index contributed by atoms with van der Waals surface area (Å²) >= 11 is 0. The predicted octanol–water partition coefficient (Wildman–Crippen LogP) is 2.07. The highest BCUT2D eigenvalue weighted by Gasteiger charge is 2.26. The second kappa shape index (κ2) is 6.19. The van der Waals surface area contributed by atoms with Crippen LogP contribution in [0.2, 0.25) is 0 Å². The van der Waals surface area contributed by atoms with Gasteiger partial charge in [-0.3, -0.25) is 0 Å². The second-order valence-corrected chi connectivity index (χ2v) is 5.92. The largest absolute Gasteiger partial charge is 0.396 e. The maximum absolute atomic E-state index is 9.27. The number of nitrogens with two attached hydrogens (primary N) is 1. The van der Waals surface area contributed by atoms with Gasteiger partial charge in [-0.15, -0.1) is 0 Å². The van der Waals surface area contributed by atoms with Crippen LogP contribution in [0.1, 0.15) is 26.0 Å². The van der Waals surface area contributed by atoms with Crippen molar-refractivity contribution in [1.82, 2.24) is 4.57 Å². The van der Waals surface area contributed by atoms with Crippen LogP contribution < -0.4 is 10.6 Å². The first-order valence-electron chi connectivity index (χ1n) is 7.19. The maximum atomic E-state index is 9.27. The summed E-state index contributed by atoms with van der Waals surface area (Å²) in [5, 5.41) is 9.27. The molecule has 110 valence electrons. The molecular formula is C15H24N4O. The van der Waals surface area contributed by atoms with Gasteiger partial charge in [-0.1, -0.05) is 13.8 Å². The zero-order valence-corrected chi connectivity index (χ0v) is 12.6. The first-order chi connectivity index (χ1) is 9.56. The van der Waals surface area contributed by atoms with Crippen LogP contribution in [0.3, 0.4) is 0 Å². The summed E-state index contributed by atoms with van der Waals surface area (Å²) in [7, 11) is 1.67. The molecular weight excluding hydrogens is 252 g/mol. The lowest BCUT2D eigenvalue weighted by molar-refractivity contribution is 0.187. The van der Waals surface area contributed by atoms with E-state index in [9.17, 15) is 5.26 Å². The number of nitriles is 1. The Morgan fingerprint density at radius 1 is 1.40 bits per heavy atom. The molecule has 1 aromatic rings. The molecule has 1 saturated heterocycles. The molecule has 0 spiro atoms. The summed E-state index contributed by atoms with van der Waals surface area (Å²) in [6, 6.07) is 4.00. The van der Waals surface area contributed by atoms with Crippen molar-refractivity contribution >= 4 is 11.5 Å². The van der Waals surface area contributed by atoms with Crippen molar-refractivity contribution in [3.05, 3.63) is 11.8 Å². The van der Waals surface area contributed by atoms with E-state index < -0.39 is 0 Å². The van der Waals surface area contributed by atoms with Gasteiger partial charge < -0.3 is 19.9 Å². The molecule has 0 unspecified atom stereocenters. The average molecular weight is 276 g/mol. The van der Waals surface area contributed by atoms with E-state index in [1.165, 1.54) is 6.42 Å². The fourth-order valence-corrected chi connectivity index (χ4v) is 3.25. The van der Waals surface area contributed by atoms with E-state index in [4.69, 9.17) is 10.5 Å². The Labute approximate surface area is 120 Å². The van der Waals surface area contributed by atoms with Crippen molar-refractivity contribution in [2.45, 2.75) is 26.8 Å². The number of hydrogen-bond acceptors (Lipinski definition) is 4. The first kappa shape index (κ1) is 14.7. The lowest BCUT2D eigenvalue weighted by atomic mass is 9.92. The van der Waals surface area contributed by atoms with Crippen LogP contribution in [0, 0.1) is 23.2 Å². The number of methoxy groups -OCH3 is 1. The number of hydrogen-bond donors (Lipinski definition) is 1. The topological polar surface area (TPSA) is 67.2 Å². The Hall–Kier alpha value is -1.67. The maximum Gasteiger partial charge on any atom is 0.133 e. The third-order valence-electron chi connectivity index (χ3n) is 3.90. The fourth-order valence-electron chi connectivity index (χ4n) is 3.25. The Morgan fingerprint density at radius 3 is 2.60 bits per heavy atom. The molecule has 0 amide bonds. The quantitative estimate of drug-likeness (QED) is 0.914. The molecule has 0 bridgehead atoms. The summed E-state index contributed by atoms with van der Waals surface area (Å²) in [5.74, 6) is 2.28. The first-order valence-corrected chi connectivity index (χ1v) is 7.19. The van der Waals surface area contributed by atoms with Crippen molar-refractivity contribution in [3.63, 3.8) is 0 Å². The minimum Gasteiger partial charge on any atom is -0.396 e. The molecule has 2 atom stereocenters. The van der Waals surface area contributed by atoms with E-state index in [2.05, 4.69) is 24.8 Å². The summed E-state index contributed by atoms with van der Waals surface area (Å²) in [6.07, 6.45) is 1.25. The highest BCUT2D eigenvalue weighted by Crippen LogP contribution is 2.32. The molecule has 1 aliphatic rings. The van der Waals surface area contributed by atoms with Crippen molar-refractivity contribution in [2.75, 3.05) is 37.4 Å². The highest BCUT2D eigenvalue weighted by molar-refractivity contribution is 5.68. The normalized spacial score (nSPS) is 22.8. The van der Waals surface area contributed by atoms with Crippen LogP contribution in [0.5, 0.6) is 0 Å². The van der Waals surface area contributed by atoms with Gasteiger partial charge in [-0.25, -0.2) is 0 Å². The SMILES string of the molecule is COCCn1c(C#N)cc(N)c1N1C[C@H](C)C[C@H](C)C1. The van der Waals surface area contributed by atoms with Gasteiger partial charge in [0.15, 0.2) is 0 Å². The molecule has 0 aromatic carbocycles. The Kier molecular flexibility index (Phi) is 4.56. The molecule has 1 aromatic heterocycles. The summed E-state index contributed by atoms with van der Waals surface area (Å²) in [6.45, 7) is 7.77. The number of piperidine rings is 1. The Bertz CT molecular complexity index is 493. The number of aromatic nitrogens is 1. The van der Waals surface area contributed by atoms with Gasteiger partial charge in [-0.2, -0.15) is 5.26 Å². The monoisotopic (exact) mass is 276 g/mol. The molecule has 0 saturated carbocycles. The minimum absolute atomic E-state index is 0.578. The number of anilines is 2. The third-order valence-corrected chi connectivity index (χ3v) is 3.90. The number of nitrogens with zero attached hydrogens (tertiary/aromatic N) is 3. The fraction of sp³-hybridized carbons (Fsp3) is 0.667. The van der Waals surface area contributed by atoms with Crippen molar-refractivity contribution in [3.8, 4) is 6.07 Å². The molecule has 0 aliphatic carbocycles. The number of nitrogen functional groups attached to an aromatic ring is 1. The van der Waals surface area contributed by atoms with Gasteiger partial charge in [0.05, 0.1) is 12.3 Å². The zero-order valence-electron chi connectivity index (χ0n) is 12.6. The standard InChI is InChI=1S/C15H24N4O/c1-11-6-12(2)10-18(9-11)15-14(17)7-13(8-16)19(15)4-5-20-3/h7,11-12H,4-6,9-10,17H2,1-3H3/t11-,12+. The molecule has 5 heteroatoms. The van der Waals surface area contributed by atoms with Crippen LogP contribution in [-0.2, 0) is 11.3 Å². The predicted molar refractivity (Wildman–Crippen MR) is 80.6 cm³/mol. The summed E-state index contributed by atoms with van der Waals surface area (Å²) in [4.78, 5) is 2.32. The third kappa shape index (κ3) is 2.91. The number of ether oxygens (including phenoxy) is 1. The molecule has 2 N–H and O–H groups in total. The summed E-state index contributed by atoms with van der Waals surface area (Å²) in [5.41, 5.74) is 7.46. The Morgan fingerprint density at radius 2 is 2.05 bits per heavy atom. The van der Waals surface area contributed by atoms with E-state index >= 15 is 0 Å². The van der Waals surface area contributed by atoms with Crippen molar-refractivity contribution in [1.29, 1.82) is 5.26 Å². The van der Waals surface area contributed by atoms with Gasteiger partial charge in [0.25, 0.3) is 0 Å². The zero-order chi connectivity index (χ0) is 14.7. The van der Waals surface area contributed by atoms with E-state index in [1.54, 1.807) is 13.2 Å². The van der Waals surface area contributed by atoms with Gasteiger partial charge in [0.1, 0.15) is 17.6 Å². The lowest BCUT2D eigenvalue weighted by Crippen LogP contribution is -2.40.